The van der Waals surface area contributed by atoms with Gasteiger partial charge in [-0.2, -0.15) is 0 Å². The second-order valence-corrected chi connectivity index (χ2v) is 6.15. The number of nitrogens with zero attached hydrogens (tertiary/aromatic N) is 1. The fourth-order valence-corrected chi connectivity index (χ4v) is 3.27. The summed E-state index contributed by atoms with van der Waals surface area (Å²) in [6, 6.07) is 8.81. The first-order valence-corrected chi connectivity index (χ1v) is 8.21. The third kappa shape index (κ3) is 3.30. The summed E-state index contributed by atoms with van der Waals surface area (Å²) in [5.74, 6) is 0. The zero-order valence-corrected chi connectivity index (χ0v) is 13.1. The summed E-state index contributed by atoms with van der Waals surface area (Å²) in [5, 5.41) is 4.85. The van der Waals surface area contributed by atoms with Gasteiger partial charge < -0.3 is 14.6 Å². The summed E-state index contributed by atoms with van der Waals surface area (Å²) in [4.78, 5) is 0. The molecule has 1 aromatic carbocycles. The van der Waals surface area contributed by atoms with Crippen LogP contribution in [-0.4, -0.2) is 23.3 Å². The SMILES string of the molecule is CCCNCc1cccc2ccn(CC3CCC(C)O3)c12. The Hall–Kier alpha value is -1.32. The lowest BCUT2D eigenvalue weighted by atomic mass is 10.1. The average molecular weight is 286 g/mol. The van der Waals surface area contributed by atoms with Gasteiger partial charge in [0.1, 0.15) is 0 Å². The number of hydrogen-bond donors (Lipinski definition) is 1. The fourth-order valence-electron chi connectivity index (χ4n) is 3.27. The van der Waals surface area contributed by atoms with E-state index in [1.807, 2.05) is 0 Å². The molecule has 0 spiro atoms. The van der Waals surface area contributed by atoms with Gasteiger partial charge in [0.05, 0.1) is 17.7 Å². The van der Waals surface area contributed by atoms with E-state index in [1.165, 1.54) is 35.7 Å². The van der Waals surface area contributed by atoms with Crippen molar-refractivity contribution in [3.05, 3.63) is 36.0 Å². The maximum absolute atomic E-state index is 5.99. The van der Waals surface area contributed by atoms with E-state index in [-0.39, 0.29) is 0 Å². The molecule has 1 aliphatic heterocycles. The number of hydrogen-bond acceptors (Lipinski definition) is 2. The minimum atomic E-state index is 0.368. The van der Waals surface area contributed by atoms with E-state index in [4.69, 9.17) is 4.74 Å². The van der Waals surface area contributed by atoms with Crippen molar-refractivity contribution in [1.29, 1.82) is 0 Å². The third-order valence-electron chi connectivity index (χ3n) is 4.33. The van der Waals surface area contributed by atoms with Crippen molar-refractivity contribution < 1.29 is 4.74 Å². The molecule has 2 unspecified atom stereocenters. The second kappa shape index (κ2) is 6.63. The van der Waals surface area contributed by atoms with Gasteiger partial charge in [0.25, 0.3) is 0 Å². The Labute approximate surface area is 127 Å². The highest BCUT2D eigenvalue weighted by Crippen LogP contribution is 2.25. The number of para-hydroxylation sites is 1. The minimum absolute atomic E-state index is 0.368. The van der Waals surface area contributed by atoms with E-state index < -0.39 is 0 Å². The topological polar surface area (TPSA) is 26.2 Å². The van der Waals surface area contributed by atoms with Crippen LogP contribution in [0.1, 0.15) is 38.7 Å². The molecule has 3 nitrogen and oxygen atoms in total. The predicted molar refractivity (Wildman–Crippen MR) is 87.5 cm³/mol. The molecule has 1 N–H and O–H groups in total. The molecule has 1 saturated heterocycles. The van der Waals surface area contributed by atoms with Gasteiger partial charge in [0.15, 0.2) is 0 Å². The zero-order valence-electron chi connectivity index (χ0n) is 13.1. The lowest BCUT2D eigenvalue weighted by Gasteiger charge is -2.15. The molecular formula is C18H26N2O. The van der Waals surface area contributed by atoms with E-state index >= 15 is 0 Å². The number of rotatable bonds is 6. The molecule has 0 radical (unpaired) electrons. The predicted octanol–water partition coefficient (Wildman–Crippen LogP) is 3.71. The summed E-state index contributed by atoms with van der Waals surface area (Å²) in [6.07, 6.45) is 6.53. The highest BCUT2D eigenvalue weighted by Gasteiger charge is 2.22. The van der Waals surface area contributed by atoms with Gasteiger partial charge in [0, 0.05) is 19.3 Å². The molecule has 2 heterocycles. The first kappa shape index (κ1) is 14.6. The lowest BCUT2D eigenvalue weighted by Crippen LogP contribution is -2.18. The molecule has 2 atom stereocenters. The quantitative estimate of drug-likeness (QED) is 0.819. The molecule has 1 fully saturated rings. The average Bonchev–Trinajstić information content (AvgIpc) is 3.07. The highest BCUT2D eigenvalue weighted by molar-refractivity contribution is 5.83. The Kier molecular flexibility index (Phi) is 4.61. The number of nitrogens with one attached hydrogen (secondary N) is 1. The monoisotopic (exact) mass is 286 g/mol. The molecule has 0 amide bonds. The molecule has 2 aromatic rings. The minimum Gasteiger partial charge on any atom is -0.373 e. The second-order valence-electron chi connectivity index (χ2n) is 6.15. The van der Waals surface area contributed by atoms with Gasteiger partial charge >= 0.3 is 0 Å². The Morgan fingerprint density at radius 3 is 2.95 bits per heavy atom. The summed E-state index contributed by atoms with van der Waals surface area (Å²) in [5.41, 5.74) is 2.75. The summed E-state index contributed by atoms with van der Waals surface area (Å²) < 4.78 is 8.36. The molecule has 1 aliphatic rings. The van der Waals surface area contributed by atoms with Crippen LogP contribution in [0, 0.1) is 0 Å². The first-order chi connectivity index (χ1) is 10.3. The van der Waals surface area contributed by atoms with Crippen LogP contribution in [0.5, 0.6) is 0 Å². The maximum atomic E-state index is 5.99. The van der Waals surface area contributed by atoms with Crippen LogP contribution in [0.4, 0.5) is 0 Å². The van der Waals surface area contributed by atoms with Crippen molar-refractivity contribution in [2.75, 3.05) is 6.54 Å². The van der Waals surface area contributed by atoms with Gasteiger partial charge in [-0.1, -0.05) is 25.1 Å². The van der Waals surface area contributed by atoms with Gasteiger partial charge in [-0.3, -0.25) is 0 Å². The summed E-state index contributed by atoms with van der Waals surface area (Å²) in [7, 11) is 0. The molecule has 0 bridgehead atoms. The Morgan fingerprint density at radius 2 is 2.19 bits per heavy atom. The molecule has 3 rings (SSSR count). The van der Waals surface area contributed by atoms with Crippen LogP contribution in [0.2, 0.25) is 0 Å². The lowest BCUT2D eigenvalue weighted by molar-refractivity contribution is 0.0465. The van der Waals surface area contributed by atoms with Crippen LogP contribution >= 0.6 is 0 Å². The van der Waals surface area contributed by atoms with Gasteiger partial charge in [0.2, 0.25) is 0 Å². The molecule has 0 saturated carbocycles. The number of ether oxygens (including phenoxy) is 1. The first-order valence-electron chi connectivity index (χ1n) is 8.21. The fraction of sp³-hybridized carbons (Fsp3) is 0.556. The Bertz CT molecular complexity index is 590. The normalized spacial score (nSPS) is 22.2. The van der Waals surface area contributed by atoms with E-state index in [0.717, 1.165) is 19.6 Å². The van der Waals surface area contributed by atoms with Crippen molar-refractivity contribution >= 4 is 10.9 Å². The van der Waals surface area contributed by atoms with Crippen molar-refractivity contribution in [3.63, 3.8) is 0 Å². The van der Waals surface area contributed by atoms with Crippen molar-refractivity contribution in [2.24, 2.45) is 0 Å². The molecule has 3 heteroatoms. The highest BCUT2D eigenvalue weighted by atomic mass is 16.5. The van der Waals surface area contributed by atoms with Crippen LogP contribution in [-0.2, 0) is 17.8 Å². The van der Waals surface area contributed by atoms with Crippen molar-refractivity contribution in [2.45, 2.75) is 58.4 Å². The standard InChI is InChI=1S/C18H26N2O/c1-3-10-19-12-16-6-4-5-15-9-11-20(18(15)16)13-17-8-7-14(2)21-17/h4-6,9,11,14,17,19H,3,7-8,10,12-13H2,1-2H3. The molecule has 114 valence electrons. The third-order valence-corrected chi connectivity index (χ3v) is 4.33. The molecule has 0 aliphatic carbocycles. The van der Waals surface area contributed by atoms with Crippen LogP contribution in [0.15, 0.2) is 30.5 Å². The van der Waals surface area contributed by atoms with E-state index in [2.05, 4.69) is 54.2 Å². The number of aromatic nitrogens is 1. The van der Waals surface area contributed by atoms with Crippen LogP contribution in [0.25, 0.3) is 10.9 Å². The van der Waals surface area contributed by atoms with Gasteiger partial charge in [-0.05, 0) is 49.7 Å². The van der Waals surface area contributed by atoms with Gasteiger partial charge in [-0.15, -0.1) is 0 Å². The van der Waals surface area contributed by atoms with Gasteiger partial charge in [-0.25, -0.2) is 0 Å². The molecular weight excluding hydrogens is 260 g/mol. The molecule has 1 aromatic heterocycles. The van der Waals surface area contributed by atoms with E-state index in [1.54, 1.807) is 0 Å². The Balaban J connectivity index is 1.81. The van der Waals surface area contributed by atoms with Crippen LogP contribution in [0.3, 0.4) is 0 Å². The van der Waals surface area contributed by atoms with Crippen LogP contribution < -0.4 is 5.32 Å². The number of benzene rings is 1. The Morgan fingerprint density at radius 1 is 1.29 bits per heavy atom. The molecule has 21 heavy (non-hydrogen) atoms. The maximum Gasteiger partial charge on any atom is 0.0758 e. The van der Waals surface area contributed by atoms with E-state index in [0.29, 0.717) is 12.2 Å². The largest absolute Gasteiger partial charge is 0.373 e. The smallest absolute Gasteiger partial charge is 0.0758 e. The summed E-state index contributed by atoms with van der Waals surface area (Å²) >= 11 is 0. The number of fused-ring (bicyclic) bond motifs is 1. The summed E-state index contributed by atoms with van der Waals surface area (Å²) in [6.45, 7) is 7.36. The van der Waals surface area contributed by atoms with E-state index in [9.17, 15) is 0 Å². The van der Waals surface area contributed by atoms with Crippen molar-refractivity contribution in [3.8, 4) is 0 Å². The van der Waals surface area contributed by atoms with Crippen molar-refractivity contribution in [1.82, 2.24) is 9.88 Å². The zero-order chi connectivity index (χ0) is 14.7.